The van der Waals surface area contributed by atoms with E-state index >= 15 is 0 Å². The van der Waals surface area contributed by atoms with Crippen LogP contribution < -0.4 is 5.32 Å². The van der Waals surface area contributed by atoms with E-state index in [2.05, 4.69) is 48.2 Å². The van der Waals surface area contributed by atoms with Crippen molar-refractivity contribution in [3.63, 3.8) is 0 Å². The maximum Gasteiger partial charge on any atom is 0.221 e. The summed E-state index contributed by atoms with van der Waals surface area (Å²) in [5.74, 6) is 0.107. The van der Waals surface area contributed by atoms with E-state index in [1.807, 2.05) is 17.1 Å². The molecule has 1 fully saturated rings. The van der Waals surface area contributed by atoms with Gasteiger partial charge in [0.1, 0.15) is 0 Å². The number of nitrogens with zero attached hydrogens (tertiary/aromatic N) is 4. The van der Waals surface area contributed by atoms with Gasteiger partial charge in [0.25, 0.3) is 0 Å². The highest BCUT2D eigenvalue weighted by molar-refractivity contribution is 5.76. The zero-order valence-corrected chi connectivity index (χ0v) is 14.2. The molecule has 22 heavy (non-hydrogen) atoms. The average Bonchev–Trinajstić information content (AvgIpc) is 3.11. The van der Waals surface area contributed by atoms with Crippen LogP contribution in [0.5, 0.6) is 0 Å². The highest BCUT2D eigenvalue weighted by Gasteiger charge is 2.23. The number of carbonyl (C=O) groups excluding carboxylic acids is 1. The molecule has 1 unspecified atom stereocenters. The highest BCUT2D eigenvalue weighted by Crippen LogP contribution is 2.12. The van der Waals surface area contributed by atoms with E-state index in [1.165, 1.54) is 6.42 Å². The topological polar surface area (TPSA) is 53.4 Å². The van der Waals surface area contributed by atoms with Gasteiger partial charge in [0.15, 0.2) is 0 Å². The van der Waals surface area contributed by atoms with Crippen molar-refractivity contribution in [1.82, 2.24) is 24.9 Å². The third-order valence-electron chi connectivity index (χ3n) is 4.36. The Morgan fingerprint density at radius 3 is 2.91 bits per heavy atom. The van der Waals surface area contributed by atoms with Gasteiger partial charge in [0.05, 0.1) is 6.20 Å². The second-order valence-electron chi connectivity index (χ2n) is 6.63. The number of carbonyl (C=O) groups is 1. The molecule has 1 aromatic rings. The smallest absolute Gasteiger partial charge is 0.221 e. The van der Waals surface area contributed by atoms with E-state index in [0.29, 0.717) is 25.0 Å². The summed E-state index contributed by atoms with van der Waals surface area (Å²) in [4.78, 5) is 16.6. The van der Waals surface area contributed by atoms with E-state index < -0.39 is 0 Å². The van der Waals surface area contributed by atoms with Gasteiger partial charge in [-0.25, -0.2) is 0 Å². The number of rotatable bonds is 7. The molecule has 0 aromatic carbocycles. The molecule has 1 aliphatic rings. The number of aromatic nitrogens is 2. The van der Waals surface area contributed by atoms with Gasteiger partial charge in [0, 0.05) is 49.9 Å². The number of hydrogen-bond acceptors (Lipinski definition) is 4. The summed E-state index contributed by atoms with van der Waals surface area (Å²) in [7, 11) is 4.27. The van der Waals surface area contributed by atoms with Crippen LogP contribution in [-0.2, 0) is 11.3 Å². The van der Waals surface area contributed by atoms with Crippen LogP contribution >= 0.6 is 0 Å². The monoisotopic (exact) mass is 307 g/mol. The predicted molar refractivity (Wildman–Crippen MR) is 87.6 cm³/mol. The van der Waals surface area contributed by atoms with Crippen molar-refractivity contribution < 1.29 is 4.79 Å². The maximum absolute atomic E-state index is 12.0. The lowest BCUT2D eigenvalue weighted by atomic mass is 10.2. The van der Waals surface area contributed by atoms with E-state index in [9.17, 15) is 4.79 Å². The van der Waals surface area contributed by atoms with Crippen LogP contribution in [0.1, 0.15) is 38.3 Å². The predicted octanol–water partition coefficient (Wildman–Crippen LogP) is 1.11. The minimum Gasteiger partial charge on any atom is -0.352 e. The quantitative estimate of drug-likeness (QED) is 0.820. The standard InChI is InChI=1S/C16H29N5O/c1-13(2)21-11-14(10-18-21)9-17-16(22)6-8-20(4)15-5-7-19(3)12-15/h10-11,13,15H,5-9,12H2,1-4H3,(H,17,22). The van der Waals surface area contributed by atoms with Gasteiger partial charge in [-0.2, -0.15) is 5.10 Å². The Morgan fingerprint density at radius 2 is 2.32 bits per heavy atom. The molecule has 2 heterocycles. The summed E-state index contributed by atoms with van der Waals surface area (Å²) >= 11 is 0. The highest BCUT2D eigenvalue weighted by atomic mass is 16.1. The summed E-state index contributed by atoms with van der Waals surface area (Å²) in [5, 5.41) is 7.26. The van der Waals surface area contributed by atoms with E-state index in [0.717, 1.165) is 25.2 Å². The largest absolute Gasteiger partial charge is 0.352 e. The molecule has 1 aromatic heterocycles. The van der Waals surface area contributed by atoms with Gasteiger partial charge in [-0.05, 0) is 40.9 Å². The van der Waals surface area contributed by atoms with Crippen molar-refractivity contribution >= 4 is 5.91 Å². The number of nitrogens with one attached hydrogen (secondary N) is 1. The van der Waals surface area contributed by atoms with Crippen LogP contribution in [0, 0.1) is 0 Å². The van der Waals surface area contributed by atoms with Crippen LogP contribution in [0.3, 0.4) is 0 Å². The zero-order valence-electron chi connectivity index (χ0n) is 14.2. The Balaban J connectivity index is 1.67. The second-order valence-corrected chi connectivity index (χ2v) is 6.63. The van der Waals surface area contributed by atoms with Crippen molar-refractivity contribution in [2.75, 3.05) is 33.7 Å². The fraction of sp³-hybridized carbons (Fsp3) is 0.750. The molecule has 6 nitrogen and oxygen atoms in total. The molecule has 1 amide bonds. The molecule has 124 valence electrons. The number of likely N-dealkylation sites (tertiary alicyclic amines) is 1. The first-order valence-corrected chi connectivity index (χ1v) is 8.14. The van der Waals surface area contributed by atoms with Crippen LogP contribution in [0.15, 0.2) is 12.4 Å². The minimum atomic E-state index is 0.107. The molecule has 0 spiro atoms. The lowest BCUT2D eigenvalue weighted by molar-refractivity contribution is -0.121. The molecule has 1 aliphatic heterocycles. The zero-order chi connectivity index (χ0) is 16.1. The molecule has 1 N–H and O–H groups in total. The SMILES string of the molecule is CC(C)n1cc(CNC(=O)CCN(C)C2CCN(C)C2)cn1. The summed E-state index contributed by atoms with van der Waals surface area (Å²) in [5.41, 5.74) is 1.05. The normalized spacial score (nSPS) is 19.3. The van der Waals surface area contributed by atoms with Crippen LogP contribution in [-0.4, -0.2) is 65.3 Å². The van der Waals surface area contributed by atoms with Gasteiger partial charge in [-0.1, -0.05) is 0 Å². The molecular weight excluding hydrogens is 278 g/mol. The number of likely N-dealkylation sites (N-methyl/N-ethyl adjacent to an activating group) is 2. The van der Waals surface area contributed by atoms with Crippen molar-refractivity contribution in [2.45, 2.75) is 45.3 Å². The minimum absolute atomic E-state index is 0.107. The molecule has 2 rings (SSSR count). The van der Waals surface area contributed by atoms with Crippen molar-refractivity contribution in [2.24, 2.45) is 0 Å². The lowest BCUT2D eigenvalue weighted by Crippen LogP contribution is -2.36. The van der Waals surface area contributed by atoms with Gasteiger partial charge < -0.3 is 15.1 Å². The Morgan fingerprint density at radius 1 is 1.55 bits per heavy atom. The molecule has 0 bridgehead atoms. The number of hydrogen-bond donors (Lipinski definition) is 1. The Kier molecular flexibility index (Phi) is 5.97. The maximum atomic E-state index is 12.0. The van der Waals surface area contributed by atoms with Gasteiger partial charge in [-0.3, -0.25) is 9.48 Å². The number of amides is 1. The molecule has 1 atom stereocenters. The van der Waals surface area contributed by atoms with Crippen LogP contribution in [0.2, 0.25) is 0 Å². The third kappa shape index (κ3) is 4.81. The molecule has 1 saturated heterocycles. The first kappa shape index (κ1) is 17.0. The fourth-order valence-electron chi connectivity index (χ4n) is 2.77. The van der Waals surface area contributed by atoms with E-state index in [-0.39, 0.29) is 5.91 Å². The Labute approximate surface area is 133 Å². The summed E-state index contributed by atoms with van der Waals surface area (Å²) in [6.07, 6.45) is 5.56. The molecular formula is C16H29N5O. The van der Waals surface area contributed by atoms with Crippen molar-refractivity contribution in [3.8, 4) is 0 Å². The Bertz CT molecular complexity index is 485. The van der Waals surface area contributed by atoms with Crippen LogP contribution in [0.25, 0.3) is 0 Å². The van der Waals surface area contributed by atoms with Crippen LogP contribution in [0.4, 0.5) is 0 Å². The first-order valence-electron chi connectivity index (χ1n) is 8.14. The summed E-state index contributed by atoms with van der Waals surface area (Å²) in [6, 6.07) is 0.935. The Hall–Kier alpha value is -1.40. The van der Waals surface area contributed by atoms with E-state index in [1.54, 1.807) is 0 Å². The summed E-state index contributed by atoms with van der Waals surface area (Å²) in [6.45, 7) is 7.81. The van der Waals surface area contributed by atoms with Crippen molar-refractivity contribution in [1.29, 1.82) is 0 Å². The first-order chi connectivity index (χ1) is 10.5. The molecule has 0 aliphatic carbocycles. The van der Waals surface area contributed by atoms with Gasteiger partial charge >= 0.3 is 0 Å². The molecule has 0 saturated carbocycles. The lowest BCUT2D eigenvalue weighted by Gasteiger charge is -2.23. The molecule has 0 radical (unpaired) electrons. The second kappa shape index (κ2) is 7.74. The van der Waals surface area contributed by atoms with Gasteiger partial charge in [0.2, 0.25) is 5.91 Å². The summed E-state index contributed by atoms with van der Waals surface area (Å²) < 4.78 is 1.91. The fourth-order valence-corrected chi connectivity index (χ4v) is 2.77. The van der Waals surface area contributed by atoms with Gasteiger partial charge in [-0.15, -0.1) is 0 Å². The van der Waals surface area contributed by atoms with Crippen molar-refractivity contribution in [3.05, 3.63) is 18.0 Å². The third-order valence-corrected chi connectivity index (χ3v) is 4.36. The molecule has 6 heteroatoms. The average molecular weight is 307 g/mol. The van der Waals surface area contributed by atoms with E-state index in [4.69, 9.17) is 0 Å².